The third-order valence-electron chi connectivity index (χ3n) is 2.52. The number of nitrogens with zero attached hydrogens (tertiary/aromatic N) is 1. The molecule has 2 aromatic heterocycles. The third kappa shape index (κ3) is 1.10. The number of rotatable bonds is 0. The Balaban J connectivity index is 2.70. The van der Waals surface area contributed by atoms with E-state index < -0.39 is 5.63 Å². The molecular formula is C12H7NO3. The first kappa shape index (κ1) is 8.91. The van der Waals surface area contributed by atoms with Crippen molar-refractivity contribution in [1.29, 1.82) is 0 Å². The Morgan fingerprint density at radius 1 is 1.12 bits per heavy atom. The van der Waals surface area contributed by atoms with Crippen LogP contribution in [0.4, 0.5) is 0 Å². The number of aromatic nitrogens is 1. The molecule has 0 aliphatic rings. The number of hydrogen-bond acceptors (Lipinski definition) is 4. The zero-order valence-electron chi connectivity index (χ0n) is 8.18. The monoisotopic (exact) mass is 213 g/mol. The van der Waals surface area contributed by atoms with E-state index in [2.05, 4.69) is 4.98 Å². The molecule has 2 heterocycles. The molecule has 4 heteroatoms. The van der Waals surface area contributed by atoms with Gasteiger partial charge in [0.05, 0.1) is 5.39 Å². The van der Waals surface area contributed by atoms with Crippen molar-refractivity contribution < 1.29 is 9.52 Å². The van der Waals surface area contributed by atoms with Crippen LogP contribution in [0.2, 0.25) is 0 Å². The van der Waals surface area contributed by atoms with E-state index >= 15 is 0 Å². The van der Waals surface area contributed by atoms with Crippen LogP contribution in [-0.2, 0) is 0 Å². The van der Waals surface area contributed by atoms with Crippen LogP contribution in [0.5, 0.6) is 5.75 Å². The maximum Gasteiger partial charge on any atom is 0.345 e. The van der Waals surface area contributed by atoms with Gasteiger partial charge < -0.3 is 9.52 Å². The Labute approximate surface area is 89.8 Å². The predicted molar refractivity (Wildman–Crippen MR) is 59.4 cm³/mol. The molecule has 1 aromatic carbocycles. The number of phenols is 1. The van der Waals surface area contributed by atoms with Crippen molar-refractivity contribution in [3.8, 4) is 5.75 Å². The molecule has 16 heavy (non-hydrogen) atoms. The van der Waals surface area contributed by atoms with Crippen LogP contribution in [0, 0.1) is 0 Å². The summed E-state index contributed by atoms with van der Waals surface area (Å²) in [5.41, 5.74) is -0.275. The van der Waals surface area contributed by atoms with Gasteiger partial charge in [-0.1, -0.05) is 12.1 Å². The highest BCUT2D eigenvalue weighted by Gasteiger charge is 2.09. The lowest BCUT2D eigenvalue weighted by Gasteiger charge is -2.02. The molecule has 0 spiro atoms. The lowest BCUT2D eigenvalue weighted by atomic mass is 10.1. The average Bonchev–Trinajstić information content (AvgIpc) is 2.31. The summed E-state index contributed by atoms with van der Waals surface area (Å²) in [6.07, 6.45) is 3.07. The summed E-state index contributed by atoms with van der Waals surface area (Å²) in [4.78, 5) is 15.5. The van der Waals surface area contributed by atoms with Crippen LogP contribution >= 0.6 is 0 Å². The van der Waals surface area contributed by atoms with Crippen LogP contribution in [0.1, 0.15) is 0 Å². The Morgan fingerprint density at radius 3 is 2.88 bits per heavy atom. The predicted octanol–water partition coefficient (Wildman–Crippen LogP) is 2.05. The van der Waals surface area contributed by atoms with Gasteiger partial charge in [-0.3, -0.25) is 4.98 Å². The normalized spacial score (nSPS) is 11.0. The lowest BCUT2D eigenvalue weighted by molar-refractivity contribution is 0.458. The largest absolute Gasteiger partial charge is 0.504 e. The van der Waals surface area contributed by atoms with Crippen molar-refractivity contribution in [3.05, 3.63) is 47.1 Å². The summed E-state index contributed by atoms with van der Waals surface area (Å²) in [7, 11) is 0. The number of benzene rings is 1. The number of para-hydroxylation sites is 1. The molecule has 1 N–H and O–H groups in total. The summed E-state index contributed by atoms with van der Waals surface area (Å²) in [6, 6.07) is 6.71. The first-order chi connectivity index (χ1) is 7.77. The minimum atomic E-state index is -0.489. The van der Waals surface area contributed by atoms with Gasteiger partial charge in [-0.2, -0.15) is 0 Å². The standard InChI is InChI=1S/C12H7NO3/c14-10-3-1-2-8-7-4-5-13-6-9(7)12(15)16-11(8)10/h1-6,14H. The topological polar surface area (TPSA) is 63.3 Å². The second-order valence-corrected chi connectivity index (χ2v) is 3.46. The van der Waals surface area contributed by atoms with Gasteiger partial charge in [0.15, 0.2) is 11.3 Å². The smallest absolute Gasteiger partial charge is 0.345 e. The second kappa shape index (κ2) is 3.06. The molecular weight excluding hydrogens is 206 g/mol. The Bertz CT molecular complexity index is 746. The van der Waals surface area contributed by atoms with E-state index in [1.807, 2.05) is 0 Å². The van der Waals surface area contributed by atoms with Crippen molar-refractivity contribution >= 4 is 21.7 Å². The van der Waals surface area contributed by atoms with Gasteiger partial charge in [0.25, 0.3) is 0 Å². The van der Waals surface area contributed by atoms with Crippen LogP contribution in [-0.4, -0.2) is 10.1 Å². The molecule has 3 rings (SSSR count). The second-order valence-electron chi connectivity index (χ2n) is 3.46. The first-order valence-electron chi connectivity index (χ1n) is 4.76. The summed E-state index contributed by atoms with van der Waals surface area (Å²) >= 11 is 0. The Kier molecular flexibility index (Phi) is 1.71. The van der Waals surface area contributed by atoms with Gasteiger partial charge in [0.2, 0.25) is 0 Å². The van der Waals surface area contributed by atoms with Gasteiger partial charge >= 0.3 is 5.63 Å². The zero-order valence-corrected chi connectivity index (χ0v) is 8.18. The lowest BCUT2D eigenvalue weighted by Crippen LogP contribution is -2.00. The number of hydrogen-bond donors (Lipinski definition) is 1. The third-order valence-corrected chi connectivity index (χ3v) is 2.52. The van der Waals surface area contributed by atoms with Gasteiger partial charge in [-0.15, -0.1) is 0 Å². The Hall–Kier alpha value is -2.36. The molecule has 0 aliphatic carbocycles. The minimum absolute atomic E-state index is 0.0340. The number of pyridine rings is 1. The zero-order chi connectivity index (χ0) is 11.1. The maximum absolute atomic E-state index is 11.6. The fourth-order valence-electron chi connectivity index (χ4n) is 1.78. The Morgan fingerprint density at radius 2 is 2.00 bits per heavy atom. The summed E-state index contributed by atoms with van der Waals surface area (Å²) in [5.74, 6) is -0.0340. The van der Waals surface area contributed by atoms with E-state index in [9.17, 15) is 9.90 Å². The summed E-state index contributed by atoms with van der Waals surface area (Å²) in [6.45, 7) is 0. The molecule has 4 nitrogen and oxygen atoms in total. The fraction of sp³-hybridized carbons (Fsp3) is 0. The summed E-state index contributed by atoms with van der Waals surface area (Å²) in [5, 5.41) is 11.5. The van der Waals surface area contributed by atoms with Crippen molar-refractivity contribution in [2.75, 3.05) is 0 Å². The molecule has 78 valence electrons. The molecule has 0 atom stereocenters. The molecule has 0 fully saturated rings. The molecule has 0 saturated heterocycles. The number of phenolic OH excluding ortho intramolecular Hbond substituents is 1. The van der Waals surface area contributed by atoms with E-state index in [0.717, 1.165) is 5.39 Å². The van der Waals surface area contributed by atoms with Gasteiger partial charge in [-0.05, 0) is 12.1 Å². The van der Waals surface area contributed by atoms with E-state index in [4.69, 9.17) is 4.42 Å². The van der Waals surface area contributed by atoms with Crippen molar-refractivity contribution in [2.24, 2.45) is 0 Å². The van der Waals surface area contributed by atoms with Crippen LogP contribution in [0.15, 0.2) is 45.9 Å². The van der Waals surface area contributed by atoms with E-state index in [1.54, 1.807) is 24.4 Å². The van der Waals surface area contributed by atoms with E-state index in [0.29, 0.717) is 10.8 Å². The molecule has 0 aliphatic heterocycles. The average molecular weight is 213 g/mol. The molecule has 0 unspecified atom stereocenters. The highest BCUT2D eigenvalue weighted by atomic mass is 16.4. The molecule has 0 bridgehead atoms. The maximum atomic E-state index is 11.6. The SMILES string of the molecule is O=c1oc2c(O)cccc2c2ccncc12. The van der Waals surface area contributed by atoms with E-state index in [1.165, 1.54) is 12.3 Å². The number of fused-ring (bicyclic) bond motifs is 3. The van der Waals surface area contributed by atoms with Crippen molar-refractivity contribution in [3.63, 3.8) is 0 Å². The van der Waals surface area contributed by atoms with Crippen LogP contribution < -0.4 is 5.63 Å². The number of aromatic hydroxyl groups is 1. The van der Waals surface area contributed by atoms with Crippen LogP contribution in [0.3, 0.4) is 0 Å². The highest BCUT2D eigenvalue weighted by Crippen LogP contribution is 2.27. The molecule has 0 saturated carbocycles. The van der Waals surface area contributed by atoms with Crippen molar-refractivity contribution in [1.82, 2.24) is 4.98 Å². The quantitative estimate of drug-likeness (QED) is 0.458. The van der Waals surface area contributed by atoms with E-state index in [-0.39, 0.29) is 11.3 Å². The van der Waals surface area contributed by atoms with Gasteiger partial charge in [0, 0.05) is 23.2 Å². The van der Waals surface area contributed by atoms with Crippen LogP contribution in [0.25, 0.3) is 21.7 Å². The van der Waals surface area contributed by atoms with Gasteiger partial charge in [0.1, 0.15) is 0 Å². The first-order valence-corrected chi connectivity index (χ1v) is 4.76. The minimum Gasteiger partial charge on any atom is -0.504 e. The van der Waals surface area contributed by atoms with Gasteiger partial charge in [-0.25, -0.2) is 4.79 Å². The molecule has 0 amide bonds. The summed E-state index contributed by atoms with van der Waals surface area (Å²) < 4.78 is 5.06. The molecule has 0 radical (unpaired) electrons. The van der Waals surface area contributed by atoms with Crippen molar-refractivity contribution in [2.45, 2.75) is 0 Å². The fourth-order valence-corrected chi connectivity index (χ4v) is 1.78. The molecule has 3 aromatic rings. The highest BCUT2D eigenvalue weighted by molar-refractivity contribution is 6.05.